The highest BCUT2D eigenvalue weighted by Gasteiger charge is 2.30. The summed E-state index contributed by atoms with van der Waals surface area (Å²) in [5.74, 6) is -0.544. The summed E-state index contributed by atoms with van der Waals surface area (Å²) in [6.07, 6.45) is -1.70. The second kappa shape index (κ2) is 7.82. The number of aryl methyl sites for hydroxylation is 1. The number of ether oxygens (including phenoxy) is 1. The number of aromatic nitrogens is 3. The Labute approximate surface area is 163 Å². The first kappa shape index (κ1) is 20.2. The van der Waals surface area contributed by atoms with Gasteiger partial charge in [0.1, 0.15) is 0 Å². The average molecular weight is 406 g/mol. The minimum Gasteiger partial charge on any atom is -0.493 e. The highest BCUT2D eigenvalue weighted by Crippen LogP contribution is 2.30. The standard InChI is InChI=1S/C19H17F3N4O3/c1-3-25-10-13(7-8-16(25)27)23-18(28)17-15(29-2)11-26(24-17)14-6-4-5-12(9-14)19(20,21)22/h4-11H,3H2,1-2H3,(H,23,28). The van der Waals surface area contributed by atoms with E-state index in [0.29, 0.717) is 12.2 Å². The second-order valence-electron chi connectivity index (χ2n) is 6.03. The maximum absolute atomic E-state index is 13.0. The molecule has 7 nitrogen and oxygen atoms in total. The van der Waals surface area contributed by atoms with Crippen LogP contribution in [0.2, 0.25) is 0 Å². The topological polar surface area (TPSA) is 78.2 Å². The van der Waals surface area contributed by atoms with Crippen molar-refractivity contribution in [3.63, 3.8) is 0 Å². The van der Waals surface area contributed by atoms with Crippen molar-refractivity contribution >= 4 is 11.6 Å². The minimum atomic E-state index is -4.50. The number of halogens is 3. The molecule has 1 amide bonds. The number of amides is 1. The molecule has 0 aliphatic rings. The first-order valence-electron chi connectivity index (χ1n) is 8.56. The Morgan fingerprint density at radius 1 is 1.21 bits per heavy atom. The first-order chi connectivity index (χ1) is 13.7. The molecule has 1 aromatic carbocycles. The lowest BCUT2D eigenvalue weighted by atomic mass is 10.2. The molecule has 0 atom stereocenters. The quantitative estimate of drug-likeness (QED) is 0.705. The molecule has 0 fully saturated rings. The molecule has 0 saturated heterocycles. The van der Waals surface area contributed by atoms with Gasteiger partial charge in [-0.25, -0.2) is 4.68 Å². The molecule has 2 heterocycles. The van der Waals surface area contributed by atoms with Gasteiger partial charge in [-0.3, -0.25) is 9.59 Å². The van der Waals surface area contributed by atoms with Crippen LogP contribution < -0.4 is 15.6 Å². The number of pyridine rings is 1. The maximum Gasteiger partial charge on any atom is 0.416 e. The summed E-state index contributed by atoms with van der Waals surface area (Å²) in [5, 5.41) is 6.68. The maximum atomic E-state index is 13.0. The van der Waals surface area contributed by atoms with Gasteiger partial charge in [-0.1, -0.05) is 6.07 Å². The third kappa shape index (κ3) is 4.31. The number of benzene rings is 1. The SMILES string of the molecule is CCn1cc(NC(=O)c2nn(-c3cccc(C(F)(F)F)c3)cc2OC)ccc1=O. The summed E-state index contributed by atoms with van der Waals surface area (Å²) >= 11 is 0. The lowest BCUT2D eigenvalue weighted by Crippen LogP contribution is -2.20. The van der Waals surface area contributed by atoms with E-state index >= 15 is 0 Å². The molecule has 29 heavy (non-hydrogen) atoms. The number of anilines is 1. The van der Waals surface area contributed by atoms with Crippen molar-refractivity contribution < 1.29 is 22.7 Å². The van der Waals surface area contributed by atoms with E-state index in [1.165, 1.54) is 48.3 Å². The second-order valence-corrected chi connectivity index (χ2v) is 6.03. The predicted octanol–water partition coefficient (Wildman–Crippen LogP) is 3.33. The van der Waals surface area contributed by atoms with Gasteiger partial charge < -0.3 is 14.6 Å². The smallest absolute Gasteiger partial charge is 0.416 e. The Morgan fingerprint density at radius 3 is 2.62 bits per heavy atom. The van der Waals surface area contributed by atoms with Crippen LogP contribution in [0.1, 0.15) is 23.0 Å². The van der Waals surface area contributed by atoms with Gasteiger partial charge in [0.15, 0.2) is 11.4 Å². The fourth-order valence-electron chi connectivity index (χ4n) is 2.66. The van der Waals surface area contributed by atoms with Crippen molar-refractivity contribution in [1.82, 2.24) is 14.3 Å². The predicted molar refractivity (Wildman–Crippen MR) is 99.4 cm³/mol. The van der Waals surface area contributed by atoms with Crippen LogP contribution in [0.5, 0.6) is 5.75 Å². The summed E-state index contributed by atoms with van der Waals surface area (Å²) in [5.41, 5.74) is -0.669. The fourth-order valence-corrected chi connectivity index (χ4v) is 2.66. The van der Waals surface area contributed by atoms with E-state index in [9.17, 15) is 22.8 Å². The van der Waals surface area contributed by atoms with Crippen LogP contribution in [0.4, 0.5) is 18.9 Å². The van der Waals surface area contributed by atoms with E-state index in [-0.39, 0.29) is 22.7 Å². The summed E-state index contributed by atoms with van der Waals surface area (Å²) < 4.78 is 46.5. The summed E-state index contributed by atoms with van der Waals surface area (Å²) in [7, 11) is 1.32. The van der Waals surface area contributed by atoms with Crippen LogP contribution in [-0.4, -0.2) is 27.4 Å². The van der Waals surface area contributed by atoms with Crippen molar-refractivity contribution in [2.75, 3.05) is 12.4 Å². The van der Waals surface area contributed by atoms with Gasteiger partial charge in [0.25, 0.3) is 11.5 Å². The number of carbonyl (C=O) groups is 1. The average Bonchev–Trinajstić information content (AvgIpc) is 3.13. The molecule has 0 unspecified atom stereocenters. The third-order valence-corrected chi connectivity index (χ3v) is 4.14. The minimum absolute atomic E-state index is 0.0868. The van der Waals surface area contributed by atoms with Crippen LogP contribution in [0.3, 0.4) is 0 Å². The molecular formula is C19H17F3N4O3. The zero-order valence-corrected chi connectivity index (χ0v) is 15.5. The molecule has 0 aliphatic carbocycles. The van der Waals surface area contributed by atoms with E-state index in [1.807, 2.05) is 0 Å². The van der Waals surface area contributed by atoms with Crippen molar-refractivity contribution in [2.45, 2.75) is 19.6 Å². The Bertz CT molecular complexity index is 1100. The van der Waals surface area contributed by atoms with E-state index in [2.05, 4.69) is 10.4 Å². The molecule has 2 aromatic heterocycles. The molecular weight excluding hydrogens is 389 g/mol. The van der Waals surface area contributed by atoms with Gasteiger partial charge >= 0.3 is 6.18 Å². The number of hydrogen-bond acceptors (Lipinski definition) is 4. The van der Waals surface area contributed by atoms with Gasteiger partial charge in [0.2, 0.25) is 0 Å². The Hall–Kier alpha value is -3.56. The van der Waals surface area contributed by atoms with E-state index in [4.69, 9.17) is 4.74 Å². The molecule has 0 spiro atoms. The largest absolute Gasteiger partial charge is 0.493 e. The molecule has 152 valence electrons. The van der Waals surface area contributed by atoms with Crippen LogP contribution in [0.15, 0.2) is 53.6 Å². The number of nitrogens with one attached hydrogen (secondary N) is 1. The molecule has 10 heteroatoms. The first-order valence-corrected chi connectivity index (χ1v) is 8.56. The number of methoxy groups -OCH3 is 1. The summed E-state index contributed by atoms with van der Waals surface area (Å²) in [6.45, 7) is 2.21. The Balaban J connectivity index is 1.92. The third-order valence-electron chi connectivity index (χ3n) is 4.14. The van der Waals surface area contributed by atoms with Gasteiger partial charge in [-0.2, -0.15) is 18.3 Å². The molecule has 3 aromatic rings. The van der Waals surface area contributed by atoms with E-state index < -0.39 is 17.6 Å². The summed E-state index contributed by atoms with van der Waals surface area (Å²) in [4.78, 5) is 24.3. The van der Waals surface area contributed by atoms with Crippen LogP contribution in [0.25, 0.3) is 5.69 Å². The molecule has 1 N–H and O–H groups in total. The van der Waals surface area contributed by atoms with E-state index in [1.54, 1.807) is 6.92 Å². The van der Waals surface area contributed by atoms with Crippen molar-refractivity contribution in [3.8, 4) is 11.4 Å². The van der Waals surface area contributed by atoms with E-state index in [0.717, 1.165) is 16.8 Å². The van der Waals surface area contributed by atoms with Gasteiger partial charge in [0, 0.05) is 18.8 Å². The van der Waals surface area contributed by atoms with Crippen molar-refractivity contribution in [1.29, 1.82) is 0 Å². The zero-order chi connectivity index (χ0) is 21.2. The number of hydrogen-bond donors (Lipinski definition) is 1. The van der Waals surface area contributed by atoms with Crippen LogP contribution >= 0.6 is 0 Å². The highest BCUT2D eigenvalue weighted by atomic mass is 19.4. The normalized spacial score (nSPS) is 11.3. The molecule has 0 aliphatic heterocycles. The Morgan fingerprint density at radius 2 is 1.97 bits per heavy atom. The number of carbonyl (C=O) groups excluding carboxylic acids is 1. The van der Waals surface area contributed by atoms with Gasteiger partial charge in [0.05, 0.1) is 30.2 Å². The number of rotatable bonds is 5. The molecule has 0 bridgehead atoms. The molecule has 0 radical (unpaired) electrons. The fraction of sp³-hybridized carbons (Fsp3) is 0.211. The summed E-state index contributed by atoms with van der Waals surface area (Å²) in [6, 6.07) is 7.31. The van der Waals surface area contributed by atoms with Crippen LogP contribution in [0, 0.1) is 0 Å². The van der Waals surface area contributed by atoms with Gasteiger partial charge in [-0.15, -0.1) is 0 Å². The van der Waals surface area contributed by atoms with Crippen molar-refractivity contribution in [3.05, 3.63) is 70.4 Å². The highest BCUT2D eigenvalue weighted by molar-refractivity contribution is 6.04. The van der Waals surface area contributed by atoms with Crippen LogP contribution in [-0.2, 0) is 12.7 Å². The monoisotopic (exact) mass is 406 g/mol. The van der Waals surface area contributed by atoms with Crippen molar-refractivity contribution in [2.24, 2.45) is 0 Å². The lowest BCUT2D eigenvalue weighted by Gasteiger charge is -2.08. The molecule has 0 saturated carbocycles. The number of nitrogens with zero attached hydrogens (tertiary/aromatic N) is 3. The Kier molecular flexibility index (Phi) is 5.44. The number of alkyl halides is 3. The van der Waals surface area contributed by atoms with Gasteiger partial charge in [-0.05, 0) is 31.2 Å². The lowest BCUT2D eigenvalue weighted by molar-refractivity contribution is -0.137. The molecule has 3 rings (SSSR count). The zero-order valence-electron chi connectivity index (χ0n) is 15.5.